The van der Waals surface area contributed by atoms with Crippen LogP contribution in [-0.4, -0.2) is 37.6 Å². The Hall–Kier alpha value is -3.02. The number of rotatable bonds is 5. The fourth-order valence-corrected chi connectivity index (χ4v) is 3.10. The van der Waals surface area contributed by atoms with Crippen LogP contribution in [0.2, 0.25) is 0 Å². The molecule has 2 aliphatic rings. The van der Waals surface area contributed by atoms with Gasteiger partial charge in [0.2, 0.25) is 0 Å². The Kier molecular flexibility index (Phi) is 5.64. The van der Waals surface area contributed by atoms with Gasteiger partial charge < -0.3 is 14.2 Å². The number of amides is 1. The van der Waals surface area contributed by atoms with Crippen LogP contribution in [0.3, 0.4) is 0 Å². The minimum atomic E-state index is -0.205. The summed E-state index contributed by atoms with van der Waals surface area (Å²) < 4.78 is 16.7. The standard InChI is InChI=1S/C21H24N2O4/c1-5-23-20(24)19(27-21(23)22-15-9-7-6-8-10-15)13-17-14(2)11-16(25-3)12-18(17)26-4/h6-10,12-14H,5,11H2,1-4H3/b19-13+,22-21?. The maximum absolute atomic E-state index is 12.8. The number of amidine groups is 1. The molecule has 0 aromatic heterocycles. The van der Waals surface area contributed by atoms with Crippen LogP contribution in [0.25, 0.3) is 0 Å². The van der Waals surface area contributed by atoms with Crippen molar-refractivity contribution in [2.75, 3.05) is 20.8 Å². The quantitative estimate of drug-likeness (QED) is 0.740. The molecule has 1 atom stereocenters. The average molecular weight is 368 g/mol. The number of likely N-dealkylation sites (N-methyl/N-ethyl adjacent to an activating group) is 1. The Morgan fingerprint density at radius 2 is 2.00 bits per heavy atom. The van der Waals surface area contributed by atoms with E-state index in [1.807, 2.05) is 43.3 Å². The zero-order valence-corrected chi connectivity index (χ0v) is 16.1. The summed E-state index contributed by atoms with van der Waals surface area (Å²) in [5, 5.41) is 0. The van der Waals surface area contributed by atoms with Crippen molar-refractivity contribution in [3.05, 3.63) is 65.3 Å². The van der Waals surface area contributed by atoms with Crippen molar-refractivity contribution in [2.24, 2.45) is 10.9 Å². The van der Waals surface area contributed by atoms with E-state index < -0.39 is 0 Å². The summed E-state index contributed by atoms with van der Waals surface area (Å²) in [4.78, 5) is 18.8. The molecule has 1 unspecified atom stereocenters. The molecule has 0 bridgehead atoms. The van der Waals surface area contributed by atoms with E-state index in [1.54, 1.807) is 20.3 Å². The van der Waals surface area contributed by atoms with Crippen molar-refractivity contribution in [3.63, 3.8) is 0 Å². The molecular formula is C21H24N2O4. The van der Waals surface area contributed by atoms with Gasteiger partial charge in [0.1, 0.15) is 5.76 Å². The fraction of sp³-hybridized carbons (Fsp3) is 0.333. The van der Waals surface area contributed by atoms with Gasteiger partial charge in [-0.15, -0.1) is 0 Å². The molecule has 6 heteroatoms. The lowest BCUT2D eigenvalue weighted by Crippen LogP contribution is -2.29. The Labute approximate surface area is 159 Å². The van der Waals surface area contributed by atoms with E-state index in [-0.39, 0.29) is 23.6 Å². The third kappa shape index (κ3) is 3.89. The van der Waals surface area contributed by atoms with Crippen LogP contribution in [0, 0.1) is 5.92 Å². The topological polar surface area (TPSA) is 60.4 Å². The third-order valence-electron chi connectivity index (χ3n) is 4.57. The molecule has 1 fully saturated rings. The molecule has 1 aromatic rings. The number of nitrogens with zero attached hydrogens (tertiary/aromatic N) is 2. The van der Waals surface area contributed by atoms with E-state index in [0.717, 1.165) is 23.4 Å². The van der Waals surface area contributed by atoms with Crippen LogP contribution in [0.5, 0.6) is 0 Å². The molecule has 3 rings (SSSR count). The van der Waals surface area contributed by atoms with E-state index in [4.69, 9.17) is 14.2 Å². The molecule has 0 N–H and O–H groups in total. The largest absolute Gasteiger partial charge is 0.501 e. The number of hydrogen-bond acceptors (Lipinski definition) is 5. The zero-order chi connectivity index (χ0) is 19.4. The first-order valence-electron chi connectivity index (χ1n) is 8.95. The number of hydrogen-bond donors (Lipinski definition) is 0. The zero-order valence-electron chi connectivity index (χ0n) is 16.1. The first-order valence-corrected chi connectivity index (χ1v) is 8.95. The highest BCUT2D eigenvalue weighted by Gasteiger charge is 2.35. The number of carbonyl (C=O) groups excluding carboxylic acids is 1. The lowest BCUT2D eigenvalue weighted by atomic mass is 9.90. The number of benzene rings is 1. The second-order valence-corrected chi connectivity index (χ2v) is 6.33. The van der Waals surface area contributed by atoms with Gasteiger partial charge in [-0.1, -0.05) is 25.1 Å². The van der Waals surface area contributed by atoms with Crippen LogP contribution in [0.15, 0.2) is 70.3 Å². The van der Waals surface area contributed by atoms with E-state index in [2.05, 4.69) is 11.9 Å². The number of ether oxygens (including phenoxy) is 3. The molecule has 1 heterocycles. The summed E-state index contributed by atoms with van der Waals surface area (Å²) in [7, 11) is 3.25. The van der Waals surface area contributed by atoms with Crippen molar-refractivity contribution in [3.8, 4) is 0 Å². The highest BCUT2D eigenvalue weighted by molar-refractivity contribution is 6.09. The highest BCUT2D eigenvalue weighted by atomic mass is 16.5. The fourth-order valence-electron chi connectivity index (χ4n) is 3.10. The molecule has 1 amide bonds. The summed E-state index contributed by atoms with van der Waals surface area (Å²) >= 11 is 0. The summed E-state index contributed by atoms with van der Waals surface area (Å²) in [5.74, 6) is 1.70. The summed E-state index contributed by atoms with van der Waals surface area (Å²) in [5.41, 5.74) is 1.63. The third-order valence-corrected chi connectivity index (χ3v) is 4.57. The van der Waals surface area contributed by atoms with Gasteiger partial charge in [-0.05, 0) is 31.1 Å². The van der Waals surface area contributed by atoms with E-state index in [1.165, 1.54) is 4.90 Å². The lowest BCUT2D eigenvalue weighted by Gasteiger charge is -2.22. The smallest absolute Gasteiger partial charge is 0.305 e. The molecule has 1 aliphatic heterocycles. The van der Waals surface area contributed by atoms with Gasteiger partial charge in [0, 0.05) is 24.6 Å². The summed E-state index contributed by atoms with van der Waals surface area (Å²) in [6.45, 7) is 4.43. The SMILES string of the molecule is CCN1C(=O)/C(=C\C2=C(OC)C=C(OC)CC2C)OC1=Nc1ccccc1. The van der Waals surface area contributed by atoms with Crippen molar-refractivity contribution < 1.29 is 19.0 Å². The van der Waals surface area contributed by atoms with Crippen molar-refractivity contribution in [2.45, 2.75) is 20.3 Å². The Balaban J connectivity index is 1.97. The highest BCUT2D eigenvalue weighted by Crippen LogP contribution is 2.33. The molecule has 142 valence electrons. The van der Waals surface area contributed by atoms with Gasteiger partial charge in [0.05, 0.1) is 25.7 Å². The van der Waals surface area contributed by atoms with Crippen LogP contribution < -0.4 is 0 Å². The summed E-state index contributed by atoms with van der Waals surface area (Å²) in [6, 6.07) is 9.71. The van der Waals surface area contributed by atoms with E-state index >= 15 is 0 Å². The van der Waals surface area contributed by atoms with Gasteiger partial charge in [-0.2, -0.15) is 4.99 Å². The Morgan fingerprint density at radius 3 is 2.63 bits per heavy atom. The predicted octanol–water partition coefficient (Wildman–Crippen LogP) is 3.91. The van der Waals surface area contributed by atoms with Crippen molar-refractivity contribution in [1.29, 1.82) is 0 Å². The number of para-hydroxylation sites is 1. The first kappa shape index (κ1) is 18.8. The normalized spacial score (nSPS) is 23.0. The second kappa shape index (κ2) is 8.12. The van der Waals surface area contributed by atoms with E-state index in [0.29, 0.717) is 12.3 Å². The minimum absolute atomic E-state index is 0.133. The van der Waals surface area contributed by atoms with Crippen molar-refractivity contribution in [1.82, 2.24) is 4.90 Å². The maximum atomic E-state index is 12.8. The Bertz CT molecular complexity index is 837. The molecule has 1 saturated heterocycles. The molecule has 27 heavy (non-hydrogen) atoms. The van der Waals surface area contributed by atoms with Gasteiger partial charge in [0.15, 0.2) is 5.76 Å². The van der Waals surface area contributed by atoms with Crippen LogP contribution in [-0.2, 0) is 19.0 Å². The number of methoxy groups -OCH3 is 2. The lowest BCUT2D eigenvalue weighted by molar-refractivity contribution is -0.122. The predicted molar refractivity (Wildman–Crippen MR) is 103 cm³/mol. The van der Waals surface area contributed by atoms with Gasteiger partial charge >= 0.3 is 6.02 Å². The van der Waals surface area contributed by atoms with Gasteiger partial charge in [-0.3, -0.25) is 9.69 Å². The van der Waals surface area contributed by atoms with Gasteiger partial charge in [-0.25, -0.2) is 0 Å². The van der Waals surface area contributed by atoms with Crippen molar-refractivity contribution >= 4 is 17.6 Å². The molecule has 1 aromatic carbocycles. The molecule has 6 nitrogen and oxygen atoms in total. The van der Waals surface area contributed by atoms with Crippen LogP contribution >= 0.6 is 0 Å². The van der Waals surface area contributed by atoms with Crippen LogP contribution in [0.4, 0.5) is 5.69 Å². The minimum Gasteiger partial charge on any atom is -0.501 e. The molecule has 0 radical (unpaired) electrons. The first-order chi connectivity index (χ1) is 13.1. The summed E-state index contributed by atoms with van der Waals surface area (Å²) in [6.07, 6.45) is 4.34. The average Bonchev–Trinajstić information content (AvgIpc) is 2.98. The van der Waals surface area contributed by atoms with E-state index in [9.17, 15) is 4.79 Å². The molecule has 1 aliphatic carbocycles. The Morgan fingerprint density at radius 1 is 1.26 bits per heavy atom. The number of allylic oxidation sites excluding steroid dienone is 4. The monoisotopic (exact) mass is 368 g/mol. The molecular weight excluding hydrogens is 344 g/mol. The molecule has 0 spiro atoms. The number of aliphatic imine (C=N–C) groups is 1. The molecule has 0 saturated carbocycles. The number of carbonyl (C=O) groups is 1. The van der Waals surface area contributed by atoms with Gasteiger partial charge in [0.25, 0.3) is 5.91 Å². The maximum Gasteiger partial charge on any atom is 0.305 e. The second-order valence-electron chi connectivity index (χ2n) is 6.33. The van der Waals surface area contributed by atoms with Crippen LogP contribution in [0.1, 0.15) is 20.3 Å².